The molecule has 0 saturated carbocycles. The molecular weight excluding hydrogens is 246 g/mol. The van der Waals surface area contributed by atoms with Gasteiger partial charge in [-0.2, -0.15) is 0 Å². The van der Waals surface area contributed by atoms with Gasteiger partial charge in [0.2, 0.25) is 0 Å². The zero-order valence-electron chi connectivity index (χ0n) is 12.1. The van der Waals surface area contributed by atoms with E-state index >= 15 is 0 Å². The molecule has 104 valence electrons. The minimum absolute atomic E-state index is 0.784. The van der Waals surface area contributed by atoms with Crippen molar-refractivity contribution in [3.63, 3.8) is 0 Å². The number of hydrogen-bond donors (Lipinski definition) is 1. The molecule has 0 radical (unpaired) electrons. The quantitative estimate of drug-likeness (QED) is 0.681. The number of aliphatic imine (C=N–C) groups is 1. The Morgan fingerprint density at radius 3 is 2.05 bits per heavy atom. The smallest absolute Gasteiger partial charge is 0.193 e. The number of guanidine groups is 1. The molecule has 0 fully saturated rings. The van der Waals surface area contributed by atoms with Crippen LogP contribution >= 0.6 is 0 Å². The van der Waals surface area contributed by atoms with E-state index in [1.165, 1.54) is 11.1 Å². The van der Waals surface area contributed by atoms with Gasteiger partial charge in [0.05, 0.1) is 0 Å². The number of nitrogens with zero attached hydrogens (tertiary/aromatic N) is 2. The maximum Gasteiger partial charge on any atom is 0.193 e. The summed E-state index contributed by atoms with van der Waals surface area (Å²) >= 11 is 0. The van der Waals surface area contributed by atoms with Crippen LogP contribution in [0, 0.1) is 0 Å². The molecule has 2 aromatic carbocycles. The fourth-order valence-electron chi connectivity index (χ4n) is 2.09. The molecule has 2 rings (SSSR count). The third-order valence-corrected chi connectivity index (χ3v) is 3.13. The molecule has 1 N–H and O–H groups in total. The van der Waals surface area contributed by atoms with Crippen LogP contribution in [0.2, 0.25) is 0 Å². The van der Waals surface area contributed by atoms with E-state index in [-0.39, 0.29) is 0 Å². The van der Waals surface area contributed by atoms with Crippen molar-refractivity contribution in [2.45, 2.75) is 13.1 Å². The molecule has 0 atom stereocenters. The van der Waals surface area contributed by atoms with Gasteiger partial charge < -0.3 is 10.2 Å². The monoisotopic (exact) mass is 267 g/mol. The van der Waals surface area contributed by atoms with Crippen molar-refractivity contribution in [1.29, 1.82) is 0 Å². The van der Waals surface area contributed by atoms with Crippen molar-refractivity contribution in [1.82, 2.24) is 10.2 Å². The van der Waals surface area contributed by atoms with Crippen LogP contribution in [-0.2, 0) is 13.1 Å². The van der Waals surface area contributed by atoms with Crippen LogP contribution in [0.5, 0.6) is 0 Å². The Morgan fingerprint density at radius 2 is 1.50 bits per heavy atom. The first-order valence-electron chi connectivity index (χ1n) is 6.79. The zero-order valence-corrected chi connectivity index (χ0v) is 12.1. The highest BCUT2D eigenvalue weighted by molar-refractivity contribution is 5.79. The van der Waals surface area contributed by atoms with Gasteiger partial charge in [0.25, 0.3) is 0 Å². The lowest BCUT2D eigenvalue weighted by Crippen LogP contribution is -2.38. The second kappa shape index (κ2) is 7.34. The van der Waals surface area contributed by atoms with Gasteiger partial charge in [-0.15, -0.1) is 0 Å². The van der Waals surface area contributed by atoms with Crippen molar-refractivity contribution < 1.29 is 0 Å². The molecule has 0 aliphatic carbocycles. The standard InChI is InChI=1S/C17H21N3/c1-18-17(19-13-15-9-5-3-6-10-15)20(2)14-16-11-7-4-8-12-16/h3-12H,13-14H2,1-2H3,(H,18,19). The lowest BCUT2D eigenvalue weighted by molar-refractivity contribution is 0.476. The van der Waals surface area contributed by atoms with Crippen molar-refractivity contribution in [3.8, 4) is 0 Å². The molecular formula is C17H21N3. The van der Waals surface area contributed by atoms with Crippen molar-refractivity contribution >= 4 is 5.96 Å². The van der Waals surface area contributed by atoms with Gasteiger partial charge in [0.1, 0.15) is 0 Å². The van der Waals surface area contributed by atoms with Crippen LogP contribution in [0.3, 0.4) is 0 Å². The molecule has 0 saturated heterocycles. The second-order valence-electron chi connectivity index (χ2n) is 4.73. The normalized spacial score (nSPS) is 11.2. The molecule has 0 aromatic heterocycles. The van der Waals surface area contributed by atoms with Gasteiger partial charge in [0, 0.05) is 27.2 Å². The van der Waals surface area contributed by atoms with E-state index in [1.54, 1.807) is 0 Å². The first-order chi connectivity index (χ1) is 9.79. The summed E-state index contributed by atoms with van der Waals surface area (Å²) in [6.45, 7) is 1.63. The Kier molecular flexibility index (Phi) is 5.18. The van der Waals surface area contributed by atoms with Crippen LogP contribution in [-0.4, -0.2) is 25.0 Å². The molecule has 0 amide bonds. The van der Waals surface area contributed by atoms with E-state index in [0.717, 1.165) is 19.0 Å². The largest absolute Gasteiger partial charge is 0.352 e. The highest BCUT2D eigenvalue weighted by Gasteiger charge is 2.05. The molecule has 0 bridgehead atoms. The molecule has 3 heteroatoms. The minimum atomic E-state index is 0.784. The Morgan fingerprint density at radius 1 is 0.950 bits per heavy atom. The van der Waals surface area contributed by atoms with E-state index in [2.05, 4.69) is 51.6 Å². The van der Waals surface area contributed by atoms with Gasteiger partial charge in [-0.1, -0.05) is 60.7 Å². The highest BCUT2D eigenvalue weighted by Crippen LogP contribution is 2.03. The van der Waals surface area contributed by atoms with Gasteiger partial charge in [-0.05, 0) is 11.1 Å². The second-order valence-corrected chi connectivity index (χ2v) is 4.73. The number of nitrogens with one attached hydrogen (secondary N) is 1. The Labute approximate surface area is 121 Å². The molecule has 20 heavy (non-hydrogen) atoms. The molecule has 0 aliphatic rings. The summed E-state index contributed by atoms with van der Waals surface area (Å²) in [7, 11) is 3.86. The maximum absolute atomic E-state index is 4.33. The van der Waals surface area contributed by atoms with Crippen LogP contribution in [0.4, 0.5) is 0 Å². The fraction of sp³-hybridized carbons (Fsp3) is 0.235. The Balaban J connectivity index is 1.91. The predicted molar refractivity (Wildman–Crippen MR) is 84.5 cm³/mol. The summed E-state index contributed by atoms with van der Waals surface area (Å²) in [5.74, 6) is 0.901. The fourth-order valence-corrected chi connectivity index (χ4v) is 2.09. The van der Waals surface area contributed by atoms with E-state index in [9.17, 15) is 0 Å². The van der Waals surface area contributed by atoms with E-state index in [0.29, 0.717) is 0 Å². The zero-order chi connectivity index (χ0) is 14.2. The summed E-state index contributed by atoms with van der Waals surface area (Å²) in [6, 6.07) is 20.7. The van der Waals surface area contributed by atoms with Crippen molar-refractivity contribution in [2.24, 2.45) is 4.99 Å². The van der Waals surface area contributed by atoms with Crippen LogP contribution < -0.4 is 5.32 Å². The van der Waals surface area contributed by atoms with Gasteiger partial charge in [-0.3, -0.25) is 4.99 Å². The average Bonchev–Trinajstić information content (AvgIpc) is 2.50. The first kappa shape index (κ1) is 14.1. The van der Waals surface area contributed by atoms with E-state index in [4.69, 9.17) is 0 Å². The lowest BCUT2D eigenvalue weighted by Gasteiger charge is -2.22. The molecule has 3 nitrogen and oxygen atoms in total. The summed E-state index contributed by atoms with van der Waals surface area (Å²) in [4.78, 5) is 6.45. The first-order valence-corrected chi connectivity index (χ1v) is 6.79. The van der Waals surface area contributed by atoms with Crippen LogP contribution in [0.25, 0.3) is 0 Å². The summed E-state index contributed by atoms with van der Waals surface area (Å²) in [5.41, 5.74) is 2.53. The van der Waals surface area contributed by atoms with Crippen LogP contribution in [0.1, 0.15) is 11.1 Å². The molecule has 0 spiro atoms. The van der Waals surface area contributed by atoms with E-state index in [1.807, 2.05) is 38.4 Å². The summed E-state index contributed by atoms with van der Waals surface area (Å²) in [5, 5.41) is 3.38. The molecule has 2 aromatic rings. The van der Waals surface area contributed by atoms with E-state index < -0.39 is 0 Å². The molecule has 0 unspecified atom stereocenters. The molecule has 0 heterocycles. The predicted octanol–water partition coefficient (Wildman–Crippen LogP) is 2.89. The Bertz CT molecular complexity index is 535. The number of hydrogen-bond acceptors (Lipinski definition) is 1. The topological polar surface area (TPSA) is 27.6 Å². The van der Waals surface area contributed by atoms with Gasteiger partial charge in [0.15, 0.2) is 5.96 Å². The lowest BCUT2D eigenvalue weighted by atomic mass is 10.2. The Hall–Kier alpha value is -2.29. The third kappa shape index (κ3) is 4.12. The van der Waals surface area contributed by atoms with Crippen molar-refractivity contribution in [2.75, 3.05) is 14.1 Å². The van der Waals surface area contributed by atoms with Crippen LogP contribution in [0.15, 0.2) is 65.7 Å². The number of rotatable bonds is 4. The summed E-state index contributed by atoms with van der Waals surface area (Å²) < 4.78 is 0. The molecule has 0 aliphatic heterocycles. The van der Waals surface area contributed by atoms with Gasteiger partial charge in [-0.25, -0.2) is 0 Å². The maximum atomic E-state index is 4.33. The van der Waals surface area contributed by atoms with Gasteiger partial charge >= 0.3 is 0 Å². The third-order valence-electron chi connectivity index (χ3n) is 3.13. The SMILES string of the molecule is CN=C(NCc1ccccc1)N(C)Cc1ccccc1. The minimum Gasteiger partial charge on any atom is -0.352 e. The average molecular weight is 267 g/mol. The highest BCUT2D eigenvalue weighted by atomic mass is 15.3. The summed E-state index contributed by atoms with van der Waals surface area (Å²) in [6.07, 6.45) is 0. The number of benzene rings is 2. The van der Waals surface area contributed by atoms with Crippen molar-refractivity contribution in [3.05, 3.63) is 71.8 Å².